The summed E-state index contributed by atoms with van der Waals surface area (Å²) in [7, 11) is 0. The number of halogens is 1. The summed E-state index contributed by atoms with van der Waals surface area (Å²) < 4.78 is 0. The molecule has 0 unspecified atom stereocenters. The van der Waals surface area contributed by atoms with Crippen LogP contribution in [0.3, 0.4) is 0 Å². The quantitative estimate of drug-likeness (QED) is 0.774. The Hall–Kier alpha value is -1.55. The smallest absolute Gasteiger partial charge is 0.0426 e. The molecule has 2 fully saturated rings. The van der Waals surface area contributed by atoms with E-state index in [2.05, 4.69) is 57.2 Å². The van der Waals surface area contributed by atoms with Crippen molar-refractivity contribution < 1.29 is 0 Å². The molecule has 5 rings (SSSR count). The summed E-state index contributed by atoms with van der Waals surface area (Å²) in [6.45, 7) is 7.05. The number of benzene rings is 2. The Morgan fingerprint density at radius 1 is 0.750 bits per heavy atom. The van der Waals surface area contributed by atoms with Crippen molar-refractivity contribution in [3.05, 3.63) is 64.7 Å². The maximum Gasteiger partial charge on any atom is 0.0426 e. The Morgan fingerprint density at radius 2 is 1.50 bits per heavy atom. The highest BCUT2D eigenvalue weighted by atomic mass is 35.5. The number of rotatable bonds is 3. The van der Waals surface area contributed by atoms with E-state index in [0.717, 1.165) is 37.2 Å². The number of hydrogen-bond donors (Lipinski definition) is 0. The molecule has 3 nitrogen and oxygen atoms in total. The highest BCUT2D eigenvalue weighted by molar-refractivity contribution is 6.30. The molecular weight excluding hydrogens is 366 g/mol. The number of nitrogens with zero attached hydrogens (tertiary/aromatic N) is 3. The van der Waals surface area contributed by atoms with Gasteiger partial charge in [0.25, 0.3) is 0 Å². The molecule has 0 spiro atoms. The maximum absolute atomic E-state index is 6.18. The van der Waals surface area contributed by atoms with Gasteiger partial charge in [-0.2, -0.15) is 0 Å². The van der Waals surface area contributed by atoms with E-state index in [4.69, 9.17) is 11.6 Å². The van der Waals surface area contributed by atoms with Gasteiger partial charge in [-0.1, -0.05) is 41.9 Å². The van der Waals surface area contributed by atoms with Crippen LogP contribution in [-0.4, -0.2) is 61.2 Å². The third kappa shape index (κ3) is 3.80. The Labute approximate surface area is 173 Å². The minimum absolute atomic E-state index is 0.716. The van der Waals surface area contributed by atoms with Gasteiger partial charge in [-0.25, -0.2) is 0 Å². The van der Waals surface area contributed by atoms with Crippen LogP contribution in [0.2, 0.25) is 5.02 Å². The zero-order valence-electron chi connectivity index (χ0n) is 16.6. The maximum atomic E-state index is 6.18. The normalized spacial score (nSPS) is 24.5. The summed E-state index contributed by atoms with van der Waals surface area (Å²) in [6, 6.07) is 18.8. The van der Waals surface area contributed by atoms with Crippen molar-refractivity contribution in [2.45, 2.75) is 37.8 Å². The number of piperidine rings is 1. The largest absolute Gasteiger partial charge is 0.369 e. The van der Waals surface area contributed by atoms with Crippen LogP contribution < -0.4 is 4.90 Å². The molecule has 1 atom stereocenters. The van der Waals surface area contributed by atoms with Gasteiger partial charge in [0.2, 0.25) is 0 Å². The monoisotopic (exact) mass is 395 g/mol. The Morgan fingerprint density at radius 3 is 2.21 bits per heavy atom. The van der Waals surface area contributed by atoms with Gasteiger partial charge in [0.05, 0.1) is 0 Å². The van der Waals surface area contributed by atoms with Crippen molar-refractivity contribution in [3.8, 4) is 0 Å². The molecule has 1 aliphatic carbocycles. The van der Waals surface area contributed by atoms with Gasteiger partial charge >= 0.3 is 0 Å². The number of likely N-dealkylation sites (tertiary alicyclic amines) is 1. The summed E-state index contributed by atoms with van der Waals surface area (Å²) in [5, 5.41) is 0.834. The molecule has 2 aromatic rings. The average Bonchev–Trinajstić information content (AvgIpc) is 3.18. The standard InChI is InChI=1S/C24H30ClN3/c25-21-7-3-8-22(17-21)26-11-13-27(14-12-26)23-9-4-10-28(18-23)24-15-19-5-1-2-6-20(19)16-24/h1-3,5-8,17,23-24H,4,9-16,18H2/t23-/m0/s1. The summed E-state index contributed by atoms with van der Waals surface area (Å²) in [5.74, 6) is 0. The van der Waals surface area contributed by atoms with Crippen molar-refractivity contribution in [2.75, 3.05) is 44.2 Å². The van der Waals surface area contributed by atoms with Crippen molar-refractivity contribution in [1.82, 2.24) is 9.80 Å². The summed E-state index contributed by atoms with van der Waals surface area (Å²) in [5.41, 5.74) is 4.41. The SMILES string of the molecule is Clc1cccc(N2CCN([C@H]3CCCN(C4Cc5ccccc5C4)C3)CC2)c1. The predicted octanol–water partition coefficient (Wildman–Crippen LogP) is 4.09. The molecule has 0 N–H and O–H groups in total. The topological polar surface area (TPSA) is 9.72 Å². The van der Waals surface area contributed by atoms with Gasteiger partial charge in [-0.15, -0.1) is 0 Å². The van der Waals surface area contributed by atoms with Crippen LogP contribution in [0.15, 0.2) is 48.5 Å². The first-order valence-electron chi connectivity index (χ1n) is 10.8. The molecule has 0 radical (unpaired) electrons. The fourth-order valence-electron chi connectivity index (χ4n) is 5.42. The van der Waals surface area contributed by atoms with Crippen molar-refractivity contribution in [1.29, 1.82) is 0 Å². The van der Waals surface area contributed by atoms with Crippen LogP contribution in [0.4, 0.5) is 5.69 Å². The van der Waals surface area contributed by atoms with E-state index >= 15 is 0 Å². The Kier molecular flexibility index (Phi) is 5.32. The molecule has 2 aliphatic heterocycles. The van der Waals surface area contributed by atoms with Crippen LogP contribution in [0.25, 0.3) is 0 Å². The second-order valence-corrected chi connectivity index (χ2v) is 9.06. The van der Waals surface area contributed by atoms with Gasteiger partial charge in [0.15, 0.2) is 0 Å². The van der Waals surface area contributed by atoms with E-state index in [1.165, 1.54) is 44.5 Å². The summed E-state index contributed by atoms with van der Waals surface area (Å²) in [6.07, 6.45) is 5.18. The van der Waals surface area contributed by atoms with E-state index in [0.29, 0.717) is 6.04 Å². The summed E-state index contributed by atoms with van der Waals surface area (Å²) >= 11 is 6.18. The van der Waals surface area contributed by atoms with Crippen molar-refractivity contribution in [3.63, 3.8) is 0 Å². The van der Waals surface area contributed by atoms with Crippen LogP contribution in [0.1, 0.15) is 24.0 Å². The lowest BCUT2D eigenvalue weighted by Gasteiger charge is -2.45. The molecule has 0 amide bonds. The molecule has 3 aliphatic rings. The van der Waals surface area contributed by atoms with Crippen LogP contribution in [0.5, 0.6) is 0 Å². The van der Waals surface area contributed by atoms with E-state index in [1.54, 1.807) is 11.1 Å². The fourth-order valence-corrected chi connectivity index (χ4v) is 5.61. The summed E-state index contributed by atoms with van der Waals surface area (Å²) in [4.78, 5) is 8.02. The first-order chi connectivity index (χ1) is 13.8. The number of piperazine rings is 1. The van der Waals surface area contributed by atoms with Crippen molar-refractivity contribution in [2.24, 2.45) is 0 Å². The van der Waals surface area contributed by atoms with E-state index in [-0.39, 0.29) is 0 Å². The van der Waals surface area contributed by atoms with Gasteiger partial charge in [0, 0.05) is 55.5 Å². The highest BCUT2D eigenvalue weighted by Gasteiger charge is 2.33. The molecule has 0 saturated carbocycles. The molecular formula is C24H30ClN3. The van der Waals surface area contributed by atoms with Crippen LogP contribution in [-0.2, 0) is 12.8 Å². The molecule has 4 heteroatoms. The van der Waals surface area contributed by atoms with Crippen molar-refractivity contribution >= 4 is 17.3 Å². The second kappa shape index (κ2) is 8.06. The number of hydrogen-bond acceptors (Lipinski definition) is 3. The van der Waals surface area contributed by atoms with Gasteiger partial charge in [-0.3, -0.25) is 9.80 Å². The van der Waals surface area contributed by atoms with Gasteiger partial charge in [0.1, 0.15) is 0 Å². The molecule has 2 heterocycles. The number of fused-ring (bicyclic) bond motifs is 1. The Bertz CT molecular complexity index is 790. The third-order valence-corrected chi connectivity index (χ3v) is 7.21. The van der Waals surface area contributed by atoms with Crippen LogP contribution >= 0.6 is 11.6 Å². The van der Waals surface area contributed by atoms with E-state index in [9.17, 15) is 0 Å². The molecule has 0 bridgehead atoms. The molecule has 28 heavy (non-hydrogen) atoms. The highest BCUT2D eigenvalue weighted by Crippen LogP contribution is 2.29. The first-order valence-corrected chi connectivity index (χ1v) is 11.2. The van der Waals surface area contributed by atoms with Crippen LogP contribution in [0, 0.1) is 0 Å². The van der Waals surface area contributed by atoms with E-state index in [1.807, 2.05) is 6.07 Å². The lowest BCUT2D eigenvalue weighted by atomic mass is 10.00. The fraction of sp³-hybridized carbons (Fsp3) is 0.500. The Balaban J connectivity index is 1.18. The molecule has 2 aromatic carbocycles. The zero-order valence-corrected chi connectivity index (χ0v) is 17.3. The lowest BCUT2D eigenvalue weighted by molar-refractivity contribution is 0.0696. The predicted molar refractivity (Wildman–Crippen MR) is 117 cm³/mol. The molecule has 0 aromatic heterocycles. The van der Waals surface area contributed by atoms with E-state index < -0.39 is 0 Å². The second-order valence-electron chi connectivity index (χ2n) is 8.62. The minimum Gasteiger partial charge on any atom is -0.369 e. The van der Waals surface area contributed by atoms with Gasteiger partial charge < -0.3 is 4.90 Å². The molecule has 148 valence electrons. The molecule has 2 saturated heterocycles. The lowest BCUT2D eigenvalue weighted by Crippen LogP contribution is -2.56. The average molecular weight is 396 g/mol. The zero-order chi connectivity index (χ0) is 18.9. The third-order valence-electron chi connectivity index (χ3n) is 6.98. The van der Waals surface area contributed by atoms with Gasteiger partial charge in [-0.05, 0) is 61.6 Å². The first kappa shape index (κ1) is 18.5. The number of anilines is 1. The minimum atomic E-state index is 0.716.